The molecule has 0 aromatic heterocycles. The number of hydrogen-bond donors (Lipinski definition) is 3. The van der Waals surface area contributed by atoms with Crippen molar-refractivity contribution in [2.24, 2.45) is 11.8 Å². The van der Waals surface area contributed by atoms with Gasteiger partial charge in [0.05, 0.1) is 18.7 Å². The van der Waals surface area contributed by atoms with Crippen molar-refractivity contribution in [1.29, 1.82) is 0 Å². The first-order chi connectivity index (χ1) is 7.56. The van der Waals surface area contributed by atoms with E-state index in [-0.39, 0.29) is 30.5 Å². The SMILES string of the molecule is CC(C)C(CO)NC(=O)C1NCCCC1C. The van der Waals surface area contributed by atoms with Crippen LogP contribution < -0.4 is 10.6 Å². The number of amides is 1. The Morgan fingerprint density at radius 1 is 1.56 bits per heavy atom. The monoisotopic (exact) mass is 228 g/mol. The van der Waals surface area contributed by atoms with Gasteiger partial charge >= 0.3 is 0 Å². The number of aliphatic hydroxyl groups is 1. The van der Waals surface area contributed by atoms with Crippen LogP contribution in [0.25, 0.3) is 0 Å². The summed E-state index contributed by atoms with van der Waals surface area (Å²) >= 11 is 0. The van der Waals surface area contributed by atoms with E-state index in [2.05, 4.69) is 17.6 Å². The Morgan fingerprint density at radius 3 is 2.75 bits per heavy atom. The predicted octanol–water partition coefficient (Wildman–Crippen LogP) is 0.508. The molecule has 3 unspecified atom stereocenters. The molecule has 1 saturated heterocycles. The highest BCUT2D eigenvalue weighted by atomic mass is 16.3. The Bertz CT molecular complexity index is 231. The molecule has 16 heavy (non-hydrogen) atoms. The standard InChI is InChI=1S/C12H24N2O2/c1-8(2)10(7-15)14-12(16)11-9(3)5-4-6-13-11/h8-11,13,15H,4-7H2,1-3H3,(H,14,16). The summed E-state index contributed by atoms with van der Waals surface area (Å²) in [4.78, 5) is 12.0. The van der Waals surface area contributed by atoms with Crippen LogP contribution in [0.5, 0.6) is 0 Å². The molecule has 0 radical (unpaired) electrons. The zero-order valence-corrected chi connectivity index (χ0v) is 10.5. The third-order valence-corrected chi connectivity index (χ3v) is 3.38. The summed E-state index contributed by atoms with van der Waals surface area (Å²) in [5.74, 6) is 0.660. The van der Waals surface area contributed by atoms with Crippen LogP contribution in [0.4, 0.5) is 0 Å². The first-order valence-corrected chi connectivity index (χ1v) is 6.21. The van der Waals surface area contributed by atoms with E-state index in [1.165, 1.54) is 0 Å². The van der Waals surface area contributed by atoms with Crippen molar-refractivity contribution in [2.75, 3.05) is 13.2 Å². The molecular formula is C12H24N2O2. The Balaban J connectivity index is 2.49. The van der Waals surface area contributed by atoms with Crippen molar-refractivity contribution in [2.45, 2.75) is 45.7 Å². The van der Waals surface area contributed by atoms with Crippen molar-refractivity contribution >= 4 is 5.91 Å². The van der Waals surface area contributed by atoms with E-state index in [9.17, 15) is 9.90 Å². The topological polar surface area (TPSA) is 61.4 Å². The van der Waals surface area contributed by atoms with Crippen LogP contribution in [0.2, 0.25) is 0 Å². The normalized spacial score (nSPS) is 27.8. The summed E-state index contributed by atoms with van der Waals surface area (Å²) in [6.45, 7) is 7.01. The number of aliphatic hydroxyl groups excluding tert-OH is 1. The molecule has 3 N–H and O–H groups in total. The third-order valence-electron chi connectivity index (χ3n) is 3.38. The molecule has 1 aliphatic heterocycles. The van der Waals surface area contributed by atoms with E-state index in [0.29, 0.717) is 5.92 Å². The molecule has 0 spiro atoms. The van der Waals surface area contributed by atoms with Gasteiger partial charge in [0.25, 0.3) is 0 Å². The van der Waals surface area contributed by atoms with Crippen molar-refractivity contribution in [1.82, 2.24) is 10.6 Å². The van der Waals surface area contributed by atoms with Crippen LogP contribution in [-0.4, -0.2) is 36.2 Å². The number of hydrogen-bond acceptors (Lipinski definition) is 3. The molecule has 0 saturated carbocycles. The fourth-order valence-electron chi connectivity index (χ4n) is 2.10. The van der Waals surface area contributed by atoms with Crippen LogP contribution in [-0.2, 0) is 4.79 Å². The minimum Gasteiger partial charge on any atom is -0.394 e. The summed E-state index contributed by atoms with van der Waals surface area (Å²) in [6.07, 6.45) is 2.23. The molecule has 4 nitrogen and oxygen atoms in total. The van der Waals surface area contributed by atoms with Gasteiger partial charge in [0, 0.05) is 0 Å². The van der Waals surface area contributed by atoms with Crippen LogP contribution >= 0.6 is 0 Å². The van der Waals surface area contributed by atoms with E-state index in [0.717, 1.165) is 19.4 Å². The van der Waals surface area contributed by atoms with Gasteiger partial charge in [-0.05, 0) is 31.2 Å². The molecule has 1 fully saturated rings. The fourth-order valence-corrected chi connectivity index (χ4v) is 2.10. The third kappa shape index (κ3) is 3.46. The molecule has 3 atom stereocenters. The molecule has 0 aromatic carbocycles. The summed E-state index contributed by atoms with van der Waals surface area (Å²) in [5, 5.41) is 15.3. The Morgan fingerprint density at radius 2 is 2.25 bits per heavy atom. The van der Waals surface area contributed by atoms with E-state index in [4.69, 9.17) is 0 Å². The zero-order valence-electron chi connectivity index (χ0n) is 10.5. The highest BCUT2D eigenvalue weighted by Gasteiger charge is 2.29. The van der Waals surface area contributed by atoms with Crippen LogP contribution in [0.1, 0.15) is 33.6 Å². The molecule has 4 heteroatoms. The lowest BCUT2D eigenvalue weighted by Crippen LogP contribution is -2.54. The number of carbonyl (C=O) groups is 1. The van der Waals surface area contributed by atoms with Gasteiger partial charge in [-0.25, -0.2) is 0 Å². The van der Waals surface area contributed by atoms with Crippen LogP contribution in [0.3, 0.4) is 0 Å². The quantitative estimate of drug-likeness (QED) is 0.657. The molecule has 1 heterocycles. The van der Waals surface area contributed by atoms with E-state index >= 15 is 0 Å². The summed E-state index contributed by atoms with van der Waals surface area (Å²) < 4.78 is 0. The number of carbonyl (C=O) groups excluding carboxylic acids is 1. The van der Waals surface area contributed by atoms with Gasteiger partial charge in [-0.15, -0.1) is 0 Å². The second-order valence-corrected chi connectivity index (χ2v) is 5.09. The molecule has 0 aromatic rings. The number of rotatable bonds is 4. The highest BCUT2D eigenvalue weighted by Crippen LogP contribution is 2.16. The van der Waals surface area contributed by atoms with Crippen molar-refractivity contribution in [3.05, 3.63) is 0 Å². The lowest BCUT2D eigenvalue weighted by atomic mass is 9.91. The predicted molar refractivity (Wildman–Crippen MR) is 64.0 cm³/mol. The minimum absolute atomic E-state index is 0.00447. The summed E-state index contributed by atoms with van der Waals surface area (Å²) in [7, 11) is 0. The van der Waals surface area contributed by atoms with Gasteiger partial charge in [0.1, 0.15) is 0 Å². The first kappa shape index (κ1) is 13.5. The lowest BCUT2D eigenvalue weighted by molar-refractivity contribution is -0.126. The molecule has 0 bridgehead atoms. The van der Waals surface area contributed by atoms with Crippen LogP contribution in [0.15, 0.2) is 0 Å². The molecule has 1 aliphatic rings. The summed E-state index contributed by atoms with van der Waals surface area (Å²) in [6, 6.07) is -0.232. The zero-order chi connectivity index (χ0) is 12.1. The van der Waals surface area contributed by atoms with Gasteiger partial charge in [-0.1, -0.05) is 20.8 Å². The van der Waals surface area contributed by atoms with Crippen molar-refractivity contribution in [3.63, 3.8) is 0 Å². The lowest BCUT2D eigenvalue weighted by Gasteiger charge is -2.31. The van der Waals surface area contributed by atoms with Gasteiger partial charge in [-0.2, -0.15) is 0 Å². The van der Waals surface area contributed by atoms with Gasteiger partial charge in [-0.3, -0.25) is 4.79 Å². The van der Waals surface area contributed by atoms with Gasteiger partial charge in [0.15, 0.2) is 0 Å². The van der Waals surface area contributed by atoms with E-state index < -0.39 is 0 Å². The maximum atomic E-state index is 12.0. The second kappa shape index (κ2) is 6.21. The first-order valence-electron chi connectivity index (χ1n) is 6.21. The minimum atomic E-state index is -0.136. The van der Waals surface area contributed by atoms with Gasteiger partial charge < -0.3 is 15.7 Å². The van der Waals surface area contributed by atoms with E-state index in [1.54, 1.807) is 0 Å². The van der Waals surface area contributed by atoms with E-state index in [1.807, 2.05) is 13.8 Å². The second-order valence-electron chi connectivity index (χ2n) is 5.09. The Hall–Kier alpha value is -0.610. The summed E-state index contributed by atoms with van der Waals surface area (Å²) in [5.41, 5.74) is 0. The van der Waals surface area contributed by atoms with Crippen molar-refractivity contribution < 1.29 is 9.90 Å². The average molecular weight is 228 g/mol. The smallest absolute Gasteiger partial charge is 0.237 e. The maximum Gasteiger partial charge on any atom is 0.237 e. The fraction of sp³-hybridized carbons (Fsp3) is 0.917. The Kier molecular flexibility index (Phi) is 5.22. The largest absolute Gasteiger partial charge is 0.394 e. The Labute approximate surface area is 97.8 Å². The highest BCUT2D eigenvalue weighted by molar-refractivity contribution is 5.82. The van der Waals surface area contributed by atoms with Crippen LogP contribution in [0, 0.1) is 11.8 Å². The average Bonchev–Trinajstić information content (AvgIpc) is 2.25. The van der Waals surface area contributed by atoms with Crippen molar-refractivity contribution in [3.8, 4) is 0 Å². The maximum absolute atomic E-state index is 12.0. The molecule has 1 amide bonds. The van der Waals surface area contributed by atoms with Gasteiger partial charge in [0.2, 0.25) is 5.91 Å². The molecule has 0 aliphatic carbocycles. The molecule has 1 rings (SSSR count). The molecule has 94 valence electrons. The number of nitrogens with one attached hydrogen (secondary N) is 2. The number of piperidine rings is 1. The molecular weight excluding hydrogens is 204 g/mol.